The molecule has 140 valence electrons. The number of fused-ring (bicyclic) bond motifs is 1. The topological polar surface area (TPSA) is 75.5 Å². The number of nitrogens with zero attached hydrogens (tertiary/aromatic N) is 2. The fourth-order valence-corrected chi connectivity index (χ4v) is 3.49. The Kier molecular flexibility index (Phi) is 6.03. The van der Waals surface area contributed by atoms with Crippen LogP contribution in [-0.2, 0) is 15.3 Å². The van der Waals surface area contributed by atoms with Crippen molar-refractivity contribution in [2.75, 3.05) is 16.4 Å². The second kappa shape index (κ2) is 8.45. The first-order chi connectivity index (χ1) is 12.9. The van der Waals surface area contributed by atoms with Crippen molar-refractivity contribution in [3.8, 4) is 0 Å². The summed E-state index contributed by atoms with van der Waals surface area (Å²) in [5.74, 6) is 0.607. The molecule has 27 heavy (non-hydrogen) atoms. The smallest absolute Gasteiger partial charge is 0.234 e. The van der Waals surface area contributed by atoms with Crippen molar-refractivity contribution < 1.29 is 9.59 Å². The Bertz CT molecular complexity index is 1000. The number of thioether (sulfide) groups is 1. The van der Waals surface area contributed by atoms with E-state index in [4.69, 9.17) is 11.6 Å². The zero-order valence-electron chi connectivity index (χ0n) is 15.0. The van der Waals surface area contributed by atoms with Crippen molar-refractivity contribution in [3.63, 3.8) is 0 Å². The third kappa shape index (κ3) is 5.24. The Hall–Kier alpha value is -2.51. The molecule has 2 amide bonds. The van der Waals surface area contributed by atoms with Gasteiger partial charge in [-0.2, -0.15) is 0 Å². The third-order valence-corrected chi connectivity index (χ3v) is 4.97. The molecule has 0 radical (unpaired) electrons. The number of carbonyl (C=O) groups is 2. The molecule has 6 nitrogen and oxygen atoms in total. The van der Waals surface area contributed by atoms with E-state index in [1.807, 2.05) is 35.9 Å². The molecule has 0 aliphatic carbocycles. The number of hydrogen-bond donors (Lipinski definition) is 2. The lowest BCUT2D eigenvalue weighted by Gasteiger charge is -2.09. The normalized spacial score (nSPS) is 10.8. The van der Waals surface area contributed by atoms with Gasteiger partial charge in [0.05, 0.1) is 22.2 Å². The van der Waals surface area contributed by atoms with E-state index >= 15 is 0 Å². The summed E-state index contributed by atoms with van der Waals surface area (Å²) < 4.78 is 1.99. The molecule has 0 fully saturated rings. The van der Waals surface area contributed by atoms with Gasteiger partial charge in [0.1, 0.15) is 5.65 Å². The second-order valence-electron chi connectivity index (χ2n) is 6.12. The highest BCUT2D eigenvalue weighted by Crippen LogP contribution is 2.26. The number of imidazole rings is 1. The minimum absolute atomic E-state index is 0.145. The maximum Gasteiger partial charge on any atom is 0.234 e. The molecule has 0 aliphatic rings. The average Bonchev–Trinajstić information content (AvgIpc) is 2.98. The van der Waals surface area contributed by atoms with E-state index in [9.17, 15) is 9.59 Å². The van der Waals surface area contributed by atoms with E-state index in [0.717, 1.165) is 11.3 Å². The quantitative estimate of drug-likeness (QED) is 0.650. The number of hydrogen-bond acceptors (Lipinski definition) is 4. The molecule has 3 aromatic rings. The molecule has 2 heterocycles. The van der Waals surface area contributed by atoms with Gasteiger partial charge in [0.2, 0.25) is 11.8 Å². The molecule has 0 atom stereocenters. The first kappa shape index (κ1) is 19.3. The zero-order valence-corrected chi connectivity index (χ0v) is 16.5. The molecule has 0 aliphatic heterocycles. The summed E-state index contributed by atoms with van der Waals surface area (Å²) in [4.78, 5) is 27.7. The summed E-state index contributed by atoms with van der Waals surface area (Å²) in [5.41, 5.74) is 4.09. The van der Waals surface area contributed by atoms with Crippen LogP contribution in [0.5, 0.6) is 0 Å². The summed E-state index contributed by atoms with van der Waals surface area (Å²) in [6.07, 6.45) is 4.00. The van der Waals surface area contributed by atoms with Crippen molar-refractivity contribution in [1.29, 1.82) is 0 Å². The monoisotopic (exact) mass is 402 g/mol. The maximum absolute atomic E-state index is 12.1. The van der Waals surface area contributed by atoms with Crippen molar-refractivity contribution in [1.82, 2.24) is 9.38 Å². The van der Waals surface area contributed by atoms with Crippen LogP contribution < -0.4 is 10.6 Å². The molecule has 8 heteroatoms. The Morgan fingerprint density at radius 2 is 2.00 bits per heavy atom. The summed E-state index contributed by atoms with van der Waals surface area (Å²) >= 11 is 7.64. The lowest BCUT2D eigenvalue weighted by Crippen LogP contribution is -2.14. The van der Waals surface area contributed by atoms with E-state index in [-0.39, 0.29) is 17.6 Å². The van der Waals surface area contributed by atoms with Gasteiger partial charge < -0.3 is 15.0 Å². The fourth-order valence-electron chi connectivity index (χ4n) is 2.56. The Balaban J connectivity index is 1.52. The van der Waals surface area contributed by atoms with Gasteiger partial charge in [0.15, 0.2) is 0 Å². The molecule has 0 spiro atoms. The predicted octanol–water partition coefficient (Wildman–Crippen LogP) is 4.13. The number of carbonyl (C=O) groups excluding carboxylic acids is 2. The van der Waals surface area contributed by atoms with Crippen molar-refractivity contribution in [2.24, 2.45) is 0 Å². The highest BCUT2D eigenvalue weighted by Gasteiger charge is 2.09. The van der Waals surface area contributed by atoms with E-state index in [0.29, 0.717) is 22.2 Å². The minimum atomic E-state index is -0.179. The first-order valence-corrected chi connectivity index (χ1v) is 9.83. The molecule has 2 N–H and O–H groups in total. The summed E-state index contributed by atoms with van der Waals surface area (Å²) in [5, 5.41) is 5.80. The van der Waals surface area contributed by atoms with Gasteiger partial charge in [-0.1, -0.05) is 17.7 Å². The number of aromatic nitrogens is 2. The zero-order chi connectivity index (χ0) is 19.4. The fraction of sp³-hybridized carbons (Fsp3) is 0.211. The van der Waals surface area contributed by atoms with Crippen molar-refractivity contribution in [2.45, 2.75) is 19.6 Å². The van der Waals surface area contributed by atoms with Crippen LogP contribution in [0.15, 0.2) is 42.7 Å². The number of pyridine rings is 1. The molecular weight excluding hydrogens is 384 g/mol. The maximum atomic E-state index is 12.1. The van der Waals surface area contributed by atoms with Gasteiger partial charge in [-0.05, 0) is 36.8 Å². The molecule has 0 saturated carbocycles. The molecule has 0 bridgehead atoms. The second-order valence-corrected chi connectivity index (χ2v) is 7.51. The van der Waals surface area contributed by atoms with Gasteiger partial charge in [-0.15, -0.1) is 11.8 Å². The highest BCUT2D eigenvalue weighted by atomic mass is 35.5. The van der Waals surface area contributed by atoms with Crippen molar-refractivity contribution in [3.05, 3.63) is 59.0 Å². The van der Waals surface area contributed by atoms with Crippen LogP contribution in [0.1, 0.15) is 18.2 Å². The lowest BCUT2D eigenvalue weighted by molar-refractivity contribution is -0.114. The van der Waals surface area contributed by atoms with Gasteiger partial charge in [0, 0.05) is 30.8 Å². The number of benzene rings is 1. The van der Waals surface area contributed by atoms with Crippen LogP contribution in [0.2, 0.25) is 5.02 Å². The highest BCUT2D eigenvalue weighted by molar-refractivity contribution is 7.99. The van der Waals surface area contributed by atoms with Crippen LogP contribution in [-0.4, -0.2) is 27.0 Å². The Morgan fingerprint density at radius 1 is 1.19 bits per heavy atom. The number of halogens is 1. The van der Waals surface area contributed by atoms with E-state index in [2.05, 4.69) is 15.6 Å². The molecule has 0 saturated heterocycles. The number of nitrogens with one attached hydrogen (secondary N) is 2. The standard InChI is InChI=1S/C19H19ClN4O2S/c1-12-3-6-18-22-15(9-24(18)8-12)10-27-11-19(26)23-17-5-4-14(7-16(17)20)21-13(2)25/h3-9H,10-11H2,1-2H3,(H,21,25)(H,23,26). The van der Waals surface area contributed by atoms with Crippen LogP contribution in [0.3, 0.4) is 0 Å². The summed E-state index contributed by atoms with van der Waals surface area (Å²) in [6, 6.07) is 8.95. The predicted molar refractivity (Wildman–Crippen MR) is 110 cm³/mol. The number of amides is 2. The molecule has 0 unspecified atom stereocenters. The van der Waals surface area contributed by atoms with Crippen LogP contribution in [0.4, 0.5) is 11.4 Å². The van der Waals surface area contributed by atoms with Gasteiger partial charge in [-0.25, -0.2) is 4.98 Å². The SMILES string of the molecule is CC(=O)Nc1ccc(NC(=O)CSCc2cn3cc(C)ccc3n2)c(Cl)c1. The summed E-state index contributed by atoms with van der Waals surface area (Å²) in [6.45, 7) is 3.46. The van der Waals surface area contributed by atoms with Crippen molar-refractivity contribution >= 4 is 52.2 Å². The molecular formula is C19H19ClN4O2S. The van der Waals surface area contributed by atoms with E-state index in [1.54, 1.807) is 18.2 Å². The van der Waals surface area contributed by atoms with Crippen LogP contribution in [0, 0.1) is 6.92 Å². The molecule has 1 aromatic carbocycles. The third-order valence-electron chi connectivity index (χ3n) is 3.70. The number of anilines is 2. The average molecular weight is 403 g/mol. The largest absolute Gasteiger partial charge is 0.326 e. The first-order valence-electron chi connectivity index (χ1n) is 8.29. The Morgan fingerprint density at radius 3 is 2.74 bits per heavy atom. The minimum Gasteiger partial charge on any atom is -0.326 e. The Labute approximate surface area is 166 Å². The molecule has 2 aromatic heterocycles. The van der Waals surface area contributed by atoms with Gasteiger partial charge >= 0.3 is 0 Å². The van der Waals surface area contributed by atoms with Gasteiger partial charge in [0.25, 0.3) is 0 Å². The molecule has 3 rings (SSSR count). The van der Waals surface area contributed by atoms with Crippen LogP contribution >= 0.6 is 23.4 Å². The van der Waals surface area contributed by atoms with Gasteiger partial charge in [-0.3, -0.25) is 9.59 Å². The van der Waals surface area contributed by atoms with E-state index in [1.165, 1.54) is 24.2 Å². The van der Waals surface area contributed by atoms with E-state index < -0.39 is 0 Å². The van der Waals surface area contributed by atoms with Crippen LogP contribution in [0.25, 0.3) is 5.65 Å². The number of rotatable bonds is 6. The summed E-state index contributed by atoms with van der Waals surface area (Å²) in [7, 11) is 0. The lowest BCUT2D eigenvalue weighted by atomic mass is 10.2. The number of aryl methyl sites for hydroxylation is 1.